The van der Waals surface area contributed by atoms with Crippen molar-refractivity contribution in [3.63, 3.8) is 0 Å². The summed E-state index contributed by atoms with van der Waals surface area (Å²) in [7, 11) is 0. The van der Waals surface area contributed by atoms with Gasteiger partial charge in [-0.25, -0.2) is 0 Å². The Balaban J connectivity index is 1.96. The predicted molar refractivity (Wildman–Crippen MR) is 87.0 cm³/mol. The molecule has 2 nitrogen and oxygen atoms in total. The van der Waals surface area contributed by atoms with E-state index in [4.69, 9.17) is 0 Å². The van der Waals surface area contributed by atoms with Gasteiger partial charge >= 0.3 is 0 Å². The van der Waals surface area contributed by atoms with Crippen LogP contribution < -0.4 is 5.32 Å². The molecule has 19 heavy (non-hydrogen) atoms. The normalized spacial score (nSPS) is 28.9. The van der Waals surface area contributed by atoms with Crippen LogP contribution in [0, 0.1) is 5.92 Å². The largest absolute Gasteiger partial charge is 0.308 e. The molecular formula is C16H32N2S. The third-order valence-electron chi connectivity index (χ3n) is 5.32. The van der Waals surface area contributed by atoms with E-state index in [0.717, 1.165) is 12.0 Å². The average Bonchev–Trinajstić information content (AvgIpc) is 2.87. The first-order valence-corrected chi connectivity index (χ1v) is 9.58. The van der Waals surface area contributed by atoms with E-state index in [1.54, 1.807) is 0 Å². The molecule has 1 aliphatic heterocycles. The molecule has 2 atom stereocenters. The Morgan fingerprint density at radius 3 is 2.74 bits per heavy atom. The first kappa shape index (κ1) is 15.7. The Labute approximate surface area is 124 Å². The summed E-state index contributed by atoms with van der Waals surface area (Å²) in [6, 6.07) is 0.762. The maximum absolute atomic E-state index is 3.93. The number of hydrogen-bond acceptors (Lipinski definition) is 3. The van der Waals surface area contributed by atoms with Crippen LogP contribution in [-0.4, -0.2) is 48.1 Å². The highest BCUT2D eigenvalue weighted by atomic mass is 32.2. The fourth-order valence-corrected chi connectivity index (χ4v) is 4.31. The van der Waals surface area contributed by atoms with Gasteiger partial charge in [-0.3, -0.25) is 4.90 Å². The standard InChI is InChI=1S/C16H32N2S/c1-4-14(2)15-12-17-16(8-5-6-9-16)13-18(15)10-7-11-19-3/h14-15,17H,4-13H2,1-3H3. The van der Waals surface area contributed by atoms with E-state index in [-0.39, 0.29) is 0 Å². The second kappa shape index (κ2) is 7.33. The molecule has 3 heteroatoms. The second-order valence-corrected chi connectivity index (χ2v) is 7.62. The summed E-state index contributed by atoms with van der Waals surface area (Å²) in [4.78, 5) is 2.83. The topological polar surface area (TPSA) is 15.3 Å². The average molecular weight is 285 g/mol. The van der Waals surface area contributed by atoms with Gasteiger partial charge in [0.1, 0.15) is 0 Å². The zero-order valence-corrected chi connectivity index (χ0v) is 13.9. The molecule has 0 aromatic heterocycles. The minimum Gasteiger partial charge on any atom is -0.308 e. The van der Waals surface area contributed by atoms with Gasteiger partial charge < -0.3 is 5.32 Å². The van der Waals surface area contributed by atoms with Crippen molar-refractivity contribution in [1.29, 1.82) is 0 Å². The molecule has 1 spiro atoms. The summed E-state index contributed by atoms with van der Waals surface area (Å²) in [6.07, 6.45) is 10.5. The van der Waals surface area contributed by atoms with Crippen LogP contribution in [0.1, 0.15) is 52.4 Å². The molecule has 0 bridgehead atoms. The molecular weight excluding hydrogens is 252 g/mol. The smallest absolute Gasteiger partial charge is 0.0309 e. The number of nitrogens with one attached hydrogen (secondary N) is 1. The van der Waals surface area contributed by atoms with E-state index >= 15 is 0 Å². The quantitative estimate of drug-likeness (QED) is 0.753. The highest BCUT2D eigenvalue weighted by Gasteiger charge is 2.41. The molecule has 1 N–H and O–H groups in total. The molecule has 0 aromatic carbocycles. The minimum atomic E-state index is 0.476. The van der Waals surface area contributed by atoms with Crippen molar-refractivity contribution in [2.45, 2.75) is 64.0 Å². The van der Waals surface area contributed by atoms with Gasteiger partial charge in [-0.15, -0.1) is 0 Å². The van der Waals surface area contributed by atoms with Gasteiger partial charge in [-0.2, -0.15) is 11.8 Å². The molecule has 0 radical (unpaired) electrons. The molecule has 2 unspecified atom stereocenters. The molecule has 1 saturated carbocycles. The van der Waals surface area contributed by atoms with Crippen molar-refractivity contribution >= 4 is 11.8 Å². The van der Waals surface area contributed by atoms with E-state index in [0.29, 0.717) is 5.54 Å². The molecule has 1 aliphatic carbocycles. The van der Waals surface area contributed by atoms with E-state index < -0.39 is 0 Å². The lowest BCUT2D eigenvalue weighted by Crippen LogP contribution is -2.64. The summed E-state index contributed by atoms with van der Waals surface area (Å²) in [5.41, 5.74) is 0.476. The number of hydrogen-bond donors (Lipinski definition) is 1. The fraction of sp³-hybridized carbons (Fsp3) is 1.00. The second-order valence-electron chi connectivity index (χ2n) is 6.64. The highest BCUT2D eigenvalue weighted by Crippen LogP contribution is 2.34. The number of thioether (sulfide) groups is 1. The van der Waals surface area contributed by atoms with Crippen LogP contribution >= 0.6 is 11.8 Å². The fourth-order valence-electron chi connectivity index (χ4n) is 3.89. The van der Waals surface area contributed by atoms with Gasteiger partial charge in [0.05, 0.1) is 0 Å². The third-order valence-corrected chi connectivity index (χ3v) is 6.01. The molecule has 112 valence electrons. The summed E-state index contributed by atoms with van der Waals surface area (Å²) in [6.45, 7) is 8.59. The van der Waals surface area contributed by atoms with E-state index in [1.807, 2.05) is 11.8 Å². The summed E-state index contributed by atoms with van der Waals surface area (Å²) in [5.74, 6) is 2.13. The van der Waals surface area contributed by atoms with Crippen LogP contribution in [-0.2, 0) is 0 Å². The Morgan fingerprint density at radius 1 is 1.37 bits per heavy atom. The zero-order chi connectivity index (χ0) is 13.7. The predicted octanol–water partition coefficient (Wildman–Crippen LogP) is 3.37. The highest BCUT2D eigenvalue weighted by molar-refractivity contribution is 7.98. The van der Waals surface area contributed by atoms with Crippen molar-refractivity contribution in [3.05, 3.63) is 0 Å². The van der Waals surface area contributed by atoms with Gasteiger partial charge in [-0.05, 0) is 43.7 Å². The lowest BCUT2D eigenvalue weighted by molar-refractivity contribution is 0.0523. The van der Waals surface area contributed by atoms with Crippen LogP contribution in [0.25, 0.3) is 0 Å². The van der Waals surface area contributed by atoms with Gasteiger partial charge in [0.25, 0.3) is 0 Å². The SMILES string of the molecule is CCC(C)C1CNC2(CCCC2)CN1CCCSC. The Hall–Kier alpha value is 0.270. The van der Waals surface area contributed by atoms with Crippen LogP contribution in [0.15, 0.2) is 0 Å². The van der Waals surface area contributed by atoms with Crippen LogP contribution in [0.3, 0.4) is 0 Å². The van der Waals surface area contributed by atoms with Gasteiger partial charge in [-0.1, -0.05) is 33.1 Å². The Kier molecular flexibility index (Phi) is 6.04. The number of nitrogens with zero attached hydrogens (tertiary/aromatic N) is 1. The van der Waals surface area contributed by atoms with E-state index in [1.165, 1.54) is 63.9 Å². The zero-order valence-electron chi connectivity index (χ0n) is 13.1. The van der Waals surface area contributed by atoms with Gasteiger partial charge in [0, 0.05) is 24.7 Å². The Morgan fingerprint density at radius 2 is 2.11 bits per heavy atom. The van der Waals surface area contributed by atoms with Gasteiger partial charge in [0.15, 0.2) is 0 Å². The maximum atomic E-state index is 3.93. The van der Waals surface area contributed by atoms with Crippen molar-refractivity contribution in [2.24, 2.45) is 5.92 Å². The van der Waals surface area contributed by atoms with Crippen molar-refractivity contribution in [2.75, 3.05) is 31.6 Å². The van der Waals surface area contributed by atoms with Crippen molar-refractivity contribution in [1.82, 2.24) is 10.2 Å². The molecule has 0 aromatic rings. The maximum Gasteiger partial charge on any atom is 0.0309 e. The van der Waals surface area contributed by atoms with Crippen LogP contribution in [0.2, 0.25) is 0 Å². The summed E-state index contributed by atoms with van der Waals surface area (Å²) < 4.78 is 0. The lowest BCUT2D eigenvalue weighted by atomic mass is 9.87. The number of piperazine rings is 1. The van der Waals surface area contributed by atoms with Crippen molar-refractivity contribution in [3.8, 4) is 0 Å². The molecule has 2 aliphatic rings. The minimum absolute atomic E-state index is 0.476. The molecule has 2 fully saturated rings. The molecule has 1 heterocycles. The Bertz CT molecular complexity index is 263. The van der Waals surface area contributed by atoms with E-state index in [9.17, 15) is 0 Å². The molecule has 0 amide bonds. The lowest BCUT2D eigenvalue weighted by Gasteiger charge is -2.48. The van der Waals surface area contributed by atoms with Crippen LogP contribution in [0.5, 0.6) is 0 Å². The number of rotatable bonds is 6. The molecule has 2 rings (SSSR count). The van der Waals surface area contributed by atoms with Crippen LogP contribution in [0.4, 0.5) is 0 Å². The monoisotopic (exact) mass is 284 g/mol. The van der Waals surface area contributed by atoms with E-state index in [2.05, 4.69) is 30.3 Å². The first-order chi connectivity index (χ1) is 9.21. The molecule has 1 saturated heterocycles. The third kappa shape index (κ3) is 3.89. The summed E-state index contributed by atoms with van der Waals surface area (Å²) >= 11 is 1.99. The first-order valence-electron chi connectivity index (χ1n) is 8.19. The van der Waals surface area contributed by atoms with Crippen molar-refractivity contribution < 1.29 is 0 Å². The summed E-state index contributed by atoms with van der Waals surface area (Å²) in [5, 5.41) is 3.93. The van der Waals surface area contributed by atoms with Gasteiger partial charge in [0.2, 0.25) is 0 Å².